The molecular formula is C13H17N3S. The Balaban J connectivity index is 2.05. The van der Waals surface area contributed by atoms with Gasteiger partial charge in [-0.25, -0.2) is 4.98 Å². The van der Waals surface area contributed by atoms with Crippen LogP contribution in [0.15, 0.2) is 24.3 Å². The van der Waals surface area contributed by atoms with Crippen LogP contribution in [0.25, 0.3) is 0 Å². The lowest BCUT2D eigenvalue weighted by molar-refractivity contribution is 0.898. The van der Waals surface area contributed by atoms with Crippen molar-refractivity contribution < 1.29 is 0 Å². The van der Waals surface area contributed by atoms with Gasteiger partial charge in [-0.2, -0.15) is 4.37 Å². The lowest BCUT2D eigenvalue weighted by Gasteiger charge is -2.15. The maximum absolute atomic E-state index is 4.48. The molecule has 2 rings (SSSR count). The van der Waals surface area contributed by atoms with Crippen LogP contribution in [0, 0.1) is 6.92 Å². The highest BCUT2D eigenvalue weighted by Gasteiger charge is 2.07. The number of aryl methyl sites for hydroxylation is 2. The molecular weight excluding hydrogens is 230 g/mol. The molecule has 2 aromatic rings. The largest absolute Gasteiger partial charge is 0.346 e. The third-order valence-electron chi connectivity index (χ3n) is 2.64. The molecule has 90 valence electrons. The summed E-state index contributed by atoms with van der Waals surface area (Å²) in [6.07, 6.45) is 0.898. The van der Waals surface area contributed by atoms with E-state index in [0.717, 1.165) is 23.9 Å². The smallest absolute Gasteiger partial charge is 0.205 e. The third-order valence-corrected chi connectivity index (χ3v) is 3.51. The zero-order valence-corrected chi connectivity index (χ0v) is 11.3. The Labute approximate surface area is 106 Å². The van der Waals surface area contributed by atoms with Gasteiger partial charge in [0.2, 0.25) is 5.13 Å². The molecule has 1 aromatic carbocycles. The molecule has 1 aromatic heterocycles. The minimum Gasteiger partial charge on any atom is -0.346 e. The van der Waals surface area contributed by atoms with Crippen LogP contribution in [0.5, 0.6) is 0 Å². The van der Waals surface area contributed by atoms with E-state index in [4.69, 9.17) is 0 Å². The number of anilines is 1. The summed E-state index contributed by atoms with van der Waals surface area (Å²) >= 11 is 1.47. The third kappa shape index (κ3) is 3.03. The minimum atomic E-state index is 0.874. The fourth-order valence-electron chi connectivity index (χ4n) is 1.58. The van der Waals surface area contributed by atoms with Gasteiger partial charge in [-0.1, -0.05) is 36.8 Å². The molecule has 0 saturated heterocycles. The zero-order valence-electron chi connectivity index (χ0n) is 10.5. The van der Waals surface area contributed by atoms with Crippen molar-refractivity contribution in [3.05, 3.63) is 41.2 Å². The van der Waals surface area contributed by atoms with Gasteiger partial charge in [0.25, 0.3) is 0 Å². The molecule has 1 heterocycles. The summed E-state index contributed by atoms with van der Waals surface area (Å²) < 4.78 is 4.30. The fraction of sp³-hybridized carbons (Fsp3) is 0.385. The number of benzene rings is 1. The molecule has 0 unspecified atom stereocenters. The lowest BCUT2D eigenvalue weighted by atomic mass is 10.1. The molecule has 4 heteroatoms. The first kappa shape index (κ1) is 12.0. The standard InChI is InChI=1S/C13H17N3S/c1-4-12-14-13(17-15-12)16(3)9-11-7-5-10(2)6-8-11/h5-8H,4,9H2,1-3H3. The van der Waals surface area contributed by atoms with Crippen LogP contribution in [0.4, 0.5) is 5.13 Å². The first-order chi connectivity index (χ1) is 8.19. The van der Waals surface area contributed by atoms with Crippen LogP contribution in [0.3, 0.4) is 0 Å². The Morgan fingerprint density at radius 2 is 1.94 bits per heavy atom. The normalized spacial score (nSPS) is 10.5. The molecule has 0 amide bonds. The summed E-state index contributed by atoms with van der Waals surface area (Å²) in [4.78, 5) is 6.62. The molecule has 3 nitrogen and oxygen atoms in total. The quantitative estimate of drug-likeness (QED) is 0.831. The predicted molar refractivity (Wildman–Crippen MR) is 72.6 cm³/mol. The van der Waals surface area contributed by atoms with Crippen molar-refractivity contribution in [2.24, 2.45) is 0 Å². The molecule has 0 aliphatic heterocycles. The topological polar surface area (TPSA) is 29.0 Å². The van der Waals surface area contributed by atoms with Crippen LogP contribution < -0.4 is 4.90 Å². The van der Waals surface area contributed by atoms with Gasteiger partial charge in [0, 0.05) is 31.5 Å². The molecule has 0 atom stereocenters. The van der Waals surface area contributed by atoms with E-state index < -0.39 is 0 Å². The molecule has 0 fully saturated rings. The van der Waals surface area contributed by atoms with Gasteiger partial charge < -0.3 is 4.90 Å². The zero-order chi connectivity index (χ0) is 12.3. The van der Waals surface area contributed by atoms with Gasteiger partial charge in [0.05, 0.1) is 0 Å². The summed E-state index contributed by atoms with van der Waals surface area (Å²) in [6.45, 7) is 5.05. The SMILES string of the molecule is CCc1nsc(N(C)Cc2ccc(C)cc2)n1. The van der Waals surface area contributed by atoms with E-state index in [1.165, 1.54) is 22.7 Å². The van der Waals surface area contributed by atoms with Crippen LogP contribution in [0.1, 0.15) is 23.9 Å². The second kappa shape index (κ2) is 5.27. The van der Waals surface area contributed by atoms with E-state index in [9.17, 15) is 0 Å². The highest BCUT2D eigenvalue weighted by Crippen LogP contribution is 2.18. The summed E-state index contributed by atoms with van der Waals surface area (Å²) in [5.41, 5.74) is 2.59. The molecule has 0 aliphatic carbocycles. The van der Waals surface area contributed by atoms with Crippen molar-refractivity contribution in [1.82, 2.24) is 9.36 Å². The maximum Gasteiger partial charge on any atom is 0.205 e. The van der Waals surface area contributed by atoms with Crippen LogP contribution in [-0.4, -0.2) is 16.4 Å². The Hall–Kier alpha value is -1.42. The second-order valence-corrected chi connectivity index (χ2v) is 4.92. The molecule has 17 heavy (non-hydrogen) atoms. The highest BCUT2D eigenvalue weighted by atomic mass is 32.1. The minimum absolute atomic E-state index is 0.874. The monoisotopic (exact) mass is 247 g/mol. The first-order valence-corrected chi connectivity index (χ1v) is 6.55. The first-order valence-electron chi connectivity index (χ1n) is 5.78. The summed E-state index contributed by atoms with van der Waals surface area (Å²) in [6, 6.07) is 8.60. The number of rotatable bonds is 4. The Kier molecular flexibility index (Phi) is 3.74. The summed E-state index contributed by atoms with van der Waals surface area (Å²) in [5.74, 6) is 0.931. The number of hydrogen-bond acceptors (Lipinski definition) is 4. The van der Waals surface area contributed by atoms with Crippen molar-refractivity contribution in [2.75, 3.05) is 11.9 Å². The van der Waals surface area contributed by atoms with E-state index in [1.54, 1.807) is 0 Å². The van der Waals surface area contributed by atoms with Crippen molar-refractivity contribution in [3.63, 3.8) is 0 Å². The van der Waals surface area contributed by atoms with Gasteiger partial charge in [0.15, 0.2) is 0 Å². The van der Waals surface area contributed by atoms with Gasteiger partial charge in [-0.15, -0.1) is 0 Å². The van der Waals surface area contributed by atoms with E-state index in [0.29, 0.717) is 0 Å². The van der Waals surface area contributed by atoms with Crippen LogP contribution >= 0.6 is 11.5 Å². The van der Waals surface area contributed by atoms with Crippen molar-refractivity contribution in [3.8, 4) is 0 Å². The van der Waals surface area contributed by atoms with Crippen LogP contribution in [0.2, 0.25) is 0 Å². The predicted octanol–water partition coefficient (Wildman–Crippen LogP) is 3.05. The second-order valence-electron chi connectivity index (χ2n) is 4.19. The van der Waals surface area contributed by atoms with E-state index in [-0.39, 0.29) is 0 Å². The van der Waals surface area contributed by atoms with Crippen LogP contribution in [-0.2, 0) is 13.0 Å². The van der Waals surface area contributed by atoms with E-state index in [2.05, 4.69) is 59.4 Å². The van der Waals surface area contributed by atoms with Crippen molar-refractivity contribution in [1.29, 1.82) is 0 Å². The average molecular weight is 247 g/mol. The molecule has 0 N–H and O–H groups in total. The highest BCUT2D eigenvalue weighted by molar-refractivity contribution is 7.09. The Morgan fingerprint density at radius 1 is 1.24 bits per heavy atom. The molecule has 0 saturated carbocycles. The number of nitrogens with zero attached hydrogens (tertiary/aromatic N) is 3. The van der Waals surface area contributed by atoms with Crippen molar-refractivity contribution in [2.45, 2.75) is 26.8 Å². The molecule has 0 aliphatic rings. The summed E-state index contributed by atoms with van der Waals surface area (Å²) in [7, 11) is 2.06. The number of hydrogen-bond donors (Lipinski definition) is 0. The van der Waals surface area contributed by atoms with Crippen molar-refractivity contribution >= 4 is 16.7 Å². The maximum atomic E-state index is 4.48. The average Bonchev–Trinajstić information content (AvgIpc) is 2.81. The lowest BCUT2D eigenvalue weighted by Crippen LogP contribution is -2.16. The van der Waals surface area contributed by atoms with Gasteiger partial charge in [-0.3, -0.25) is 0 Å². The van der Waals surface area contributed by atoms with Gasteiger partial charge in [-0.05, 0) is 12.5 Å². The van der Waals surface area contributed by atoms with E-state index >= 15 is 0 Å². The number of aromatic nitrogens is 2. The summed E-state index contributed by atoms with van der Waals surface area (Å²) in [5, 5.41) is 0.988. The molecule has 0 spiro atoms. The Morgan fingerprint density at radius 3 is 2.53 bits per heavy atom. The molecule has 0 radical (unpaired) electrons. The molecule has 0 bridgehead atoms. The van der Waals surface area contributed by atoms with E-state index in [1.807, 2.05) is 0 Å². The Bertz CT molecular complexity index is 476. The van der Waals surface area contributed by atoms with Gasteiger partial charge in [0.1, 0.15) is 5.82 Å². The fourth-order valence-corrected chi connectivity index (χ4v) is 2.29. The van der Waals surface area contributed by atoms with Gasteiger partial charge >= 0.3 is 0 Å².